The summed E-state index contributed by atoms with van der Waals surface area (Å²) in [5, 5.41) is 8.04. The van der Waals surface area contributed by atoms with Crippen LogP contribution in [0.5, 0.6) is 0 Å². The van der Waals surface area contributed by atoms with Gasteiger partial charge < -0.3 is 5.11 Å². The maximum absolute atomic E-state index is 9.76. The van der Waals surface area contributed by atoms with E-state index in [4.69, 9.17) is 5.11 Å². The molecule has 0 aliphatic carbocycles. The zero-order valence-corrected chi connectivity index (χ0v) is 7.59. The van der Waals surface area contributed by atoms with Gasteiger partial charge in [0.15, 0.2) is 0 Å². The first kappa shape index (κ1) is 11.9. The Hall–Kier alpha value is 0.160. The largest absolute Gasteiger partial charge is 0.481 e. The quantitative estimate of drug-likeness (QED) is 0.585. The summed E-state index contributed by atoms with van der Waals surface area (Å²) in [5.41, 5.74) is 0. The molecule has 0 amide bonds. The van der Waals surface area contributed by atoms with Crippen molar-refractivity contribution in [1.82, 2.24) is 0 Å². The second-order valence-corrected chi connectivity index (χ2v) is 1.50. The molecule has 0 aromatic rings. The molecule has 0 spiro atoms. The Kier molecular flexibility index (Phi) is 14.6. The van der Waals surface area contributed by atoms with E-state index in [9.17, 15) is 4.79 Å². The highest BCUT2D eigenvalue weighted by molar-refractivity contribution is 14.1. The van der Waals surface area contributed by atoms with E-state index in [-0.39, 0.29) is 0 Å². The van der Waals surface area contributed by atoms with Gasteiger partial charge in [0.1, 0.15) is 0 Å². The van der Waals surface area contributed by atoms with Crippen molar-refractivity contribution in [3.05, 3.63) is 0 Å². The molecule has 0 aliphatic rings. The van der Waals surface area contributed by atoms with E-state index >= 15 is 0 Å². The summed E-state index contributed by atoms with van der Waals surface area (Å²) in [7, 11) is 0. The maximum atomic E-state index is 9.76. The number of unbranched alkanes of at least 4 members (excludes halogenated alkanes) is 1. The first-order valence-corrected chi connectivity index (χ1v) is 3.95. The molecule has 3 nitrogen and oxygen atoms in total. The van der Waals surface area contributed by atoms with Gasteiger partial charge in [0.2, 0.25) is 0 Å². The van der Waals surface area contributed by atoms with Crippen LogP contribution < -0.4 is 3.95 Å². The fraction of sp³-hybridized carbons (Fsp3) is 0.800. The van der Waals surface area contributed by atoms with E-state index in [0.717, 1.165) is 12.8 Å². The summed E-state index contributed by atoms with van der Waals surface area (Å²) in [6.45, 7) is 1.98. The molecule has 0 fully saturated rings. The number of carboxylic acid groups (broad SMARTS) is 1. The SMILES string of the molecule is CCCCC(=O)O.NI. The topological polar surface area (TPSA) is 63.3 Å². The van der Waals surface area contributed by atoms with Crippen molar-refractivity contribution in [3.8, 4) is 0 Å². The number of hydrogen-bond acceptors (Lipinski definition) is 2. The summed E-state index contributed by atoms with van der Waals surface area (Å²) in [5.74, 6) is -0.693. The standard InChI is InChI=1S/C5H10O2.H2IN/c1-2-3-4-5(6)7;1-2/h2-4H2,1H3,(H,6,7);2H2. The average Bonchev–Trinajstić information content (AvgIpc) is 1.88. The number of nitrogens with two attached hydrogens (primary N) is 1. The Morgan fingerprint density at radius 3 is 2.22 bits per heavy atom. The molecular formula is C5H12INO2. The molecule has 0 rings (SSSR count). The van der Waals surface area contributed by atoms with Crippen LogP contribution >= 0.6 is 22.9 Å². The molecule has 4 heteroatoms. The summed E-state index contributed by atoms with van der Waals surface area (Å²) in [6, 6.07) is 0. The number of carbonyl (C=O) groups is 1. The zero-order chi connectivity index (χ0) is 7.70. The van der Waals surface area contributed by atoms with E-state index < -0.39 is 5.97 Å². The number of hydrogen-bond donors (Lipinski definition) is 2. The van der Waals surface area contributed by atoms with Gasteiger partial charge in [-0.15, -0.1) is 0 Å². The Morgan fingerprint density at radius 1 is 1.67 bits per heavy atom. The van der Waals surface area contributed by atoms with E-state index in [0.29, 0.717) is 6.42 Å². The summed E-state index contributed by atoms with van der Waals surface area (Å²) in [4.78, 5) is 9.76. The van der Waals surface area contributed by atoms with E-state index in [2.05, 4.69) is 3.95 Å². The number of aliphatic carboxylic acids is 1. The molecule has 3 N–H and O–H groups in total. The minimum atomic E-state index is -0.693. The molecule has 0 bridgehead atoms. The fourth-order valence-electron chi connectivity index (χ4n) is 0.328. The smallest absolute Gasteiger partial charge is 0.303 e. The third-order valence-corrected chi connectivity index (χ3v) is 0.744. The first-order valence-electron chi connectivity index (χ1n) is 2.71. The highest BCUT2D eigenvalue weighted by Gasteiger charge is 1.90. The third-order valence-electron chi connectivity index (χ3n) is 0.744. The van der Waals surface area contributed by atoms with Crippen molar-refractivity contribution in [1.29, 1.82) is 0 Å². The molecule has 0 aromatic heterocycles. The van der Waals surface area contributed by atoms with E-state index in [1.165, 1.54) is 0 Å². The van der Waals surface area contributed by atoms with Gasteiger partial charge in [0.05, 0.1) is 0 Å². The van der Waals surface area contributed by atoms with Crippen LogP contribution in [0.4, 0.5) is 0 Å². The lowest BCUT2D eigenvalue weighted by Gasteiger charge is -1.85. The molecule has 0 atom stereocenters. The van der Waals surface area contributed by atoms with Crippen molar-refractivity contribution in [2.45, 2.75) is 26.2 Å². The van der Waals surface area contributed by atoms with E-state index in [1.54, 1.807) is 22.9 Å². The predicted octanol–water partition coefficient (Wildman–Crippen LogP) is 1.56. The Labute approximate surface area is 69.1 Å². The maximum Gasteiger partial charge on any atom is 0.303 e. The molecule has 56 valence electrons. The molecule has 0 heterocycles. The molecule has 9 heavy (non-hydrogen) atoms. The molecule has 0 saturated heterocycles. The van der Waals surface area contributed by atoms with Gasteiger partial charge in [-0.05, 0) is 6.42 Å². The molecule has 0 unspecified atom stereocenters. The molecule has 0 aromatic carbocycles. The van der Waals surface area contributed by atoms with Crippen LogP contribution in [0.25, 0.3) is 0 Å². The van der Waals surface area contributed by atoms with Crippen LogP contribution in [0.3, 0.4) is 0 Å². The Morgan fingerprint density at radius 2 is 2.11 bits per heavy atom. The molecule has 0 radical (unpaired) electrons. The highest BCUT2D eigenvalue weighted by Crippen LogP contribution is 1.91. The van der Waals surface area contributed by atoms with Crippen LogP contribution in [0.1, 0.15) is 26.2 Å². The number of rotatable bonds is 3. The normalized spacial score (nSPS) is 7.44. The van der Waals surface area contributed by atoms with Crippen LogP contribution in [-0.4, -0.2) is 11.1 Å². The second kappa shape index (κ2) is 11.0. The highest BCUT2D eigenvalue weighted by atomic mass is 127. The third kappa shape index (κ3) is 17.9. The zero-order valence-electron chi connectivity index (χ0n) is 5.43. The van der Waals surface area contributed by atoms with Crippen molar-refractivity contribution in [2.24, 2.45) is 3.95 Å². The summed E-state index contributed by atoms with van der Waals surface area (Å²) < 4.78 is 4.47. The monoisotopic (exact) mass is 245 g/mol. The fourth-order valence-corrected chi connectivity index (χ4v) is 0.328. The molecular weight excluding hydrogens is 233 g/mol. The minimum Gasteiger partial charge on any atom is -0.481 e. The average molecular weight is 245 g/mol. The van der Waals surface area contributed by atoms with Crippen molar-refractivity contribution >= 4 is 28.8 Å². The lowest BCUT2D eigenvalue weighted by molar-refractivity contribution is -0.137. The van der Waals surface area contributed by atoms with Gasteiger partial charge >= 0.3 is 5.97 Å². The Balaban J connectivity index is 0. The number of carboxylic acids is 1. The first-order chi connectivity index (χ1) is 4.27. The van der Waals surface area contributed by atoms with E-state index in [1.807, 2.05) is 6.92 Å². The van der Waals surface area contributed by atoms with Crippen LogP contribution in [0, 0.1) is 0 Å². The van der Waals surface area contributed by atoms with Gasteiger partial charge in [-0.1, -0.05) is 13.3 Å². The van der Waals surface area contributed by atoms with Gasteiger partial charge in [0, 0.05) is 29.3 Å². The van der Waals surface area contributed by atoms with Crippen LogP contribution in [-0.2, 0) is 4.79 Å². The second-order valence-electron chi connectivity index (χ2n) is 1.50. The van der Waals surface area contributed by atoms with Gasteiger partial charge in [-0.25, -0.2) is 0 Å². The minimum absolute atomic E-state index is 0.316. The van der Waals surface area contributed by atoms with Crippen molar-refractivity contribution in [3.63, 3.8) is 0 Å². The van der Waals surface area contributed by atoms with Gasteiger partial charge in [0.25, 0.3) is 0 Å². The summed E-state index contributed by atoms with van der Waals surface area (Å²) >= 11 is 1.65. The lowest BCUT2D eigenvalue weighted by atomic mass is 10.3. The number of halogens is 1. The van der Waals surface area contributed by atoms with Crippen molar-refractivity contribution in [2.75, 3.05) is 0 Å². The summed E-state index contributed by atoms with van der Waals surface area (Å²) in [6.07, 6.45) is 2.08. The van der Waals surface area contributed by atoms with Gasteiger partial charge in [-0.2, -0.15) is 0 Å². The van der Waals surface area contributed by atoms with Crippen LogP contribution in [0.15, 0.2) is 0 Å². The van der Waals surface area contributed by atoms with Crippen molar-refractivity contribution < 1.29 is 9.90 Å². The molecule has 0 aliphatic heterocycles. The molecule has 0 saturated carbocycles. The lowest BCUT2D eigenvalue weighted by Crippen LogP contribution is -1.91. The predicted molar refractivity (Wildman–Crippen MR) is 45.4 cm³/mol. The Bertz CT molecular complexity index is 68.0. The van der Waals surface area contributed by atoms with Gasteiger partial charge in [-0.3, -0.25) is 8.74 Å². The van der Waals surface area contributed by atoms with Crippen LogP contribution in [0.2, 0.25) is 0 Å².